The van der Waals surface area contributed by atoms with E-state index in [0.29, 0.717) is 33.1 Å². The highest BCUT2D eigenvalue weighted by Gasteiger charge is 2.21. The van der Waals surface area contributed by atoms with Crippen molar-refractivity contribution < 1.29 is 29.3 Å². The molecule has 3 N–H and O–H groups in total. The molecule has 0 aliphatic heterocycles. The van der Waals surface area contributed by atoms with Crippen LogP contribution in [0, 0.1) is 6.92 Å². The van der Waals surface area contributed by atoms with E-state index < -0.39 is 17.8 Å². The summed E-state index contributed by atoms with van der Waals surface area (Å²) in [5.41, 5.74) is 0.199. The largest absolute Gasteiger partial charge is 0.478 e. The molecule has 0 unspecified atom stereocenters. The first-order valence-corrected chi connectivity index (χ1v) is 8.93. The molecule has 0 saturated heterocycles. The number of ether oxygens (including phenoxy) is 1. The van der Waals surface area contributed by atoms with Gasteiger partial charge in [-0.15, -0.1) is 11.3 Å². The number of hydrogen-bond donors (Lipinski definition) is 3. The van der Waals surface area contributed by atoms with Gasteiger partial charge >= 0.3 is 11.9 Å². The van der Waals surface area contributed by atoms with Crippen LogP contribution in [0.5, 0.6) is 5.88 Å². The maximum atomic E-state index is 12.8. The number of nitrogens with zero attached hydrogens (tertiary/aromatic N) is 2. The van der Waals surface area contributed by atoms with E-state index in [4.69, 9.17) is 14.9 Å². The number of benzene rings is 1. The molecule has 3 rings (SSSR count). The maximum absolute atomic E-state index is 12.8. The van der Waals surface area contributed by atoms with E-state index in [1.807, 2.05) is 6.92 Å². The highest BCUT2D eigenvalue weighted by atomic mass is 32.1. The summed E-state index contributed by atoms with van der Waals surface area (Å²) in [5.74, 6) is -2.73. The predicted octanol–water partition coefficient (Wildman–Crippen LogP) is 3.05. The van der Waals surface area contributed by atoms with E-state index >= 15 is 0 Å². The number of carboxylic acids is 2. The minimum Gasteiger partial charge on any atom is -0.478 e. The molecular formula is C18H15N3O6S. The van der Waals surface area contributed by atoms with Crippen molar-refractivity contribution in [1.82, 2.24) is 9.97 Å². The molecule has 0 radical (unpaired) electrons. The van der Waals surface area contributed by atoms with Crippen molar-refractivity contribution in [2.75, 3.05) is 11.9 Å². The van der Waals surface area contributed by atoms with Gasteiger partial charge in [0.05, 0.1) is 28.0 Å². The summed E-state index contributed by atoms with van der Waals surface area (Å²) < 4.78 is 5.49. The third-order valence-electron chi connectivity index (χ3n) is 3.86. The van der Waals surface area contributed by atoms with Gasteiger partial charge in [0.15, 0.2) is 0 Å². The van der Waals surface area contributed by atoms with Gasteiger partial charge in [-0.3, -0.25) is 4.79 Å². The Morgan fingerprint density at radius 1 is 1.11 bits per heavy atom. The molecule has 0 aliphatic rings. The number of fused-ring (bicyclic) bond motifs is 1. The lowest BCUT2D eigenvalue weighted by Gasteiger charge is -2.08. The highest BCUT2D eigenvalue weighted by molar-refractivity contribution is 7.20. The summed E-state index contributed by atoms with van der Waals surface area (Å²) >= 11 is 1.14. The van der Waals surface area contributed by atoms with Crippen LogP contribution in [0.15, 0.2) is 24.5 Å². The molecule has 2 heterocycles. The highest BCUT2D eigenvalue weighted by Crippen LogP contribution is 2.34. The summed E-state index contributed by atoms with van der Waals surface area (Å²) in [5, 5.41) is 21.5. The van der Waals surface area contributed by atoms with Crippen LogP contribution in [0.25, 0.3) is 10.2 Å². The monoisotopic (exact) mass is 401 g/mol. The first kappa shape index (κ1) is 19.2. The van der Waals surface area contributed by atoms with Gasteiger partial charge in [-0.05, 0) is 37.6 Å². The number of carboxylic acid groups (broad SMARTS) is 2. The van der Waals surface area contributed by atoms with Gasteiger partial charge in [0.1, 0.15) is 11.2 Å². The van der Waals surface area contributed by atoms with E-state index in [1.54, 1.807) is 6.92 Å². The fourth-order valence-corrected chi connectivity index (χ4v) is 3.67. The Morgan fingerprint density at radius 2 is 1.75 bits per heavy atom. The van der Waals surface area contributed by atoms with E-state index in [2.05, 4.69) is 15.3 Å². The molecule has 0 bridgehead atoms. The van der Waals surface area contributed by atoms with E-state index in [0.717, 1.165) is 17.4 Å². The molecule has 0 aliphatic carbocycles. The van der Waals surface area contributed by atoms with Crippen LogP contribution in [0.1, 0.15) is 42.9 Å². The number of carbonyl (C=O) groups is 3. The molecule has 3 aromatic rings. The molecule has 28 heavy (non-hydrogen) atoms. The third-order valence-corrected chi connectivity index (χ3v) is 5.06. The number of aromatic nitrogens is 2. The van der Waals surface area contributed by atoms with Gasteiger partial charge in [0.2, 0.25) is 5.88 Å². The summed E-state index contributed by atoms with van der Waals surface area (Å²) in [7, 11) is 0. The molecule has 144 valence electrons. The maximum Gasteiger partial charge on any atom is 0.335 e. The average molecular weight is 401 g/mol. The van der Waals surface area contributed by atoms with Gasteiger partial charge < -0.3 is 20.3 Å². The number of rotatable bonds is 6. The SMILES string of the molecule is CCOc1ncnc2sc(C(=O)Nc3cc(C(=O)O)cc(C(=O)O)c3)c(C)c12. The number of aromatic carboxylic acids is 2. The van der Waals surface area contributed by atoms with E-state index in [1.165, 1.54) is 18.5 Å². The number of aryl methyl sites for hydroxylation is 1. The van der Waals surface area contributed by atoms with Crippen LogP contribution in [0.3, 0.4) is 0 Å². The zero-order valence-electron chi connectivity index (χ0n) is 14.8. The molecule has 1 amide bonds. The second-order valence-electron chi connectivity index (χ2n) is 5.71. The molecule has 0 atom stereocenters. The quantitative estimate of drug-likeness (QED) is 0.573. The van der Waals surface area contributed by atoms with Crippen LogP contribution >= 0.6 is 11.3 Å². The summed E-state index contributed by atoms with van der Waals surface area (Å²) in [6, 6.07) is 3.41. The first-order chi connectivity index (χ1) is 13.3. The van der Waals surface area contributed by atoms with Crippen molar-refractivity contribution in [3.05, 3.63) is 46.1 Å². The van der Waals surface area contributed by atoms with Gasteiger partial charge in [-0.2, -0.15) is 0 Å². The number of amides is 1. The van der Waals surface area contributed by atoms with Crippen molar-refractivity contribution >= 4 is 45.1 Å². The number of anilines is 1. The Morgan fingerprint density at radius 3 is 2.32 bits per heavy atom. The van der Waals surface area contributed by atoms with Gasteiger partial charge in [0, 0.05) is 5.69 Å². The Hall–Kier alpha value is -3.53. The molecular weight excluding hydrogens is 386 g/mol. The topological polar surface area (TPSA) is 139 Å². The van der Waals surface area contributed by atoms with Crippen molar-refractivity contribution in [3.63, 3.8) is 0 Å². The lowest BCUT2D eigenvalue weighted by Crippen LogP contribution is -2.13. The Kier molecular flexibility index (Phi) is 5.23. The molecule has 0 saturated carbocycles. The van der Waals surface area contributed by atoms with Gasteiger partial charge in [-0.25, -0.2) is 19.6 Å². The van der Waals surface area contributed by atoms with E-state index in [-0.39, 0.29) is 16.8 Å². The van der Waals surface area contributed by atoms with E-state index in [9.17, 15) is 14.4 Å². The Bertz CT molecular complexity index is 1080. The summed E-state index contributed by atoms with van der Waals surface area (Å²) in [4.78, 5) is 44.4. The minimum atomic E-state index is -1.30. The average Bonchev–Trinajstić information content (AvgIpc) is 2.99. The number of hydrogen-bond acceptors (Lipinski definition) is 7. The number of thiophene rings is 1. The summed E-state index contributed by atoms with van der Waals surface area (Å²) in [6.07, 6.45) is 1.35. The molecule has 2 aromatic heterocycles. The number of carbonyl (C=O) groups excluding carboxylic acids is 1. The minimum absolute atomic E-state index is 0.0651. The smallest absolute Gasteiger partial charge is 0.335 e. The van der Waals surface area contributed by atoms with Crippen LogP contribution in [-0.4, -0.2) is 44.6 Å². The standard InChI is InChI=1S/C18H15N3O6S/c1-3-27-15-12-8(2)13(28-16(12)20-7-19-15)14(22)21-11-5-9(17(23)24)4-10(6-11)18(25)26/h4-7H,3H2,1-2H3,(H,21,22)(H,23,24)(H,25,26). The molecule has 0 fully saturated rings. The summed E-state index contributed by atoms with van der Waals surface area (Å²) in [6.45, 7) is 3.96. The molecule has 9 nitrogen and oxygen atoms in total. The van der Waals surface area contributed by atoms with Crippen molar-refractivity contribution in [3.8, 4) is 5.88 Å². The fourth-order valence-electron chi connectivity index (χ4n) is 2.64. The lowest BCUT2D eigenvalue weighted by molar-refractivity contribution is 0.0696. The predicted molar refractivity (Wildman–Crippen MR) is 102 cm³/mol. The van der Waals surface area contributed by atoms with Crippen LogP contribution < -0.4 is 10.1 Å². The van der Waals surface area contributed by atoms with Crippen LogP contribution in [-0.2, 0) is 0 Å². The Labute approximate surface area is 162 Å². The zero-order valence-corrected chi connectivity index (χ0v) is 15.7. The van der Waals surface area contributed by atoms with Crippen molar-refractivity contribution in [2.24, 2.45) is 0 Å². The van der Waals surface area contributed by atoms with Crippen molar-refractivity contribution in [2.45, 2.75) is 13.8 Å². The fraction of sp³-hybridized carbons (Fsp3) is 0.167. The zero-order chi connectivity index (χ0) is 20.4. The molecule has 1 aromatic carbocycles. The molecule has 0 spiro atoms. The number of nitrogens with one attached hydrogen (secondary N) is 1. The normalized spacial score (nSPS) is 10.6. The first-order valence-electron chi connectivity index (χ1n) is 8.11. The third kappa shape index (κ3) is 3.62. The molecule has 10 heteroatoms. The second kappa shape index (κ2) is 7.61. The van der Waals surface area contributed by atoms with Crippen LogP contribution in [0.4, 0.5) is 5.69 Å². The van der Waals surface area contributed by atoms with Crippen molar-refractivity contribution in [1.29, 1.82) is 0 Å². The van der Waals surface area contributed by atoms with Crippen LogP contribution in [0.2, 0.25) is 0 Å². The Balaban J connectivity index is 2.00. The van der Waals surface area contributed by atoms with Gasteiger partial charge in [-0.1, -0.05) is 0 Å². The lowest BCUT2D eigenvalue weighted by atomic mass is 10.1. The van der Waals surface area contributed by atoms with Gasteiger partial charge in [0.25, 0.3) is 5.91 Å². The second-order valence-corrected chi connectivity index (χ2v) is 6.71.